The molecule has 0 bridgehead atoms. The molecule has 2 atom stereocenters. The van der Waals surface area contributed by atoms with Gasteiger partial charge < -0.3 is 14.6 Å². The lowest BCUT2D eigenvalue weighted by atomic mass is 10.2. The Morgan fingerprint density at radius 2 is 2.30 bits per heavy atom. The Morgan fingerprint density at radius 3 is 2.95 bits per heavy atom. The van der Waals surface area contributed by atoms with Crippen LogP contribution in [-0.2, 0) is 4.74 Å². The lowest BCUT2D eigenvalue weighted by molar-refractivity contribution is 0.0264. The number of hydrogen-bond donors (Lipinski definition) is 1. The monoisotopic (exact) mass is 278 g/mol. The molecule has 1 aliphatic rings. The van der Waals surface area contributed by atoms with Crippen molar-refractivity contribution in [2.45, 2.75) is 38.4 Å². The van der Waals surface area contributed by atoms with Gasteiger partial charge in [-0.1, -0.05) is 11.8 Å². The van der Waals surface area contributed by atoms with Gasteiger partial charge in [0.1, 0.15) is 18.2 Å². The third kappa shape index (κ3) is 4.22. The maximum Gasteiger partial charge on any atom is 0.142 e. The van der Waals surface area contributed by atoms with Gasteiger partial charge in [0.25, 0.3) is 0 Å². The molecule has 1 aromatic rings. The molecule has 20 heavy (non-hydrogen) atoms. The molecule has 1 N–H and O–H groups in total. The van der Waals surface area contributed by atoms with Crippen molar-refractivity contribution in [3.05, 3.63) is 29.6 Å². The van der Waals surface area contributed by atoms with Gasteiger partial charge in [0.05, 0.1) is 24.4 Å². The van der Waals surface area contributed by atoms with Gasteiger partial charge >= 0.3 is 0 Å². The molecule has 1 aliphatic heterocycles. The van der Waals surface area contributed by atoms with Crippen molar-refractivity contribution in [3.8, 4) is 17.6 Å². The van der Waals surface area contributed by atoms with Gasteiger partial charge in [-0.15, -0.1) is 0 Å². The van der Waals surface area contributed by atoms with Crippen molar-refractivity contribution in [1.82, 2.24) is 0 Å². The SMILES string of the molecule is CC1CCC(COc2ccc(C#CCCO)c(F)c2)O1. The maximum atomic E-state index is 13.8. The maximum absolute atomic E-state index is 13.8. The second-order valence-corrected chi connectivity index (χ2v) is 4.87. The molecule has 0 aromatic heterocycles. The Morgan fingerprint density at radius 1 is 1.45 bits per heavy atom. The van der Waals surface area contributed by atoms with Gasteiger partial charge in [-0.05, 0) is 31.9 Å². The van der Waals surface area contributed by atoms with Gasteiger partial charge in [0.15, 0.2) is 0 Å². The molecular formula is C16H19FO3. The van der Waals surface area contributed by atoms with Gasteiger partial charge in [-0.25, -0.2) is 4.39 Å². The second-order valence-electron chi connectivity index (χ2n) is 4.87. The largest absolute Gasteiger partial charge is 0.491 e. The Labute approximate surface area is 118 Å². The van der Waals surface area contributed by atoms with E-state index in [1.54, 1.807) is 12.1 Å². The quantitative estimate of drug-likeness (QED) is 0.860. The van der Waals surface area contributed by atoms with Gasteiger partial charge in [0.2, 0.25) is 0 Å². The molecule has 1 saturated heterocycles. The zero-order chi connectivity index (χ0) is 14.4. The summed E-state index contributed by atoms with van der Waals surface area (Å²) in [6.45, 7) is 2.47. The van der Waals surface area contributed by atoms with Crippen LogP contribution in [0.1, 0.15) is 31.7 Å². The van der Waals surface area contributed by atoms with Crippen LogP contribution in [0.2, 0.25) is 0 Å². The summed E-state index contributed by atoms with van der Waals surface area (Å²) in [4.78, 5) is 0. The number of halogens is 1. The fourth-order valence-electron chi connectivity index (χ4n) is 2.10. The molecule has 1 heterocycles. The summed E-state index contributed by atoms with van der Waals surface area (Å²) in [5.74, 6) is 5.45. The fourth-order valence-corrected chi connectivity index (χ4v) is 2.10. The van der Waals surface area contributed by atoms with E-state index in [2.05, 4.69) is 11.8 Å². The van der Waals surface area contributed by atoms with E-state index in [0.717, 1.165) is 12.8 Å². The summed E-state index contributed by atoms with van der Waals surface area (Å²) < 4.78 is 24.9. The number of hydrogen-bond acceptors (Lipinski definition) is 3. The molecule has 3 nitrogen and oxygen atoms in total. The summed E-state index contributed by atoms with van der Waals surface area (Å²) in [7, 11) is 0. The van der Waals surface area contributed by atoms with E-state index < -0.39 is 5.82 Å². The zero-order valence-electron chi connectivity index (χ0n) is 11.6. The van der Waals surface area contributed by atoms with E-state index in [0.29, 0.717) is 24.3 Å². The van der Waals surface area contributed by atoms with Crippen molar-refractivity contribution in [2.24, 2.45) is 0 Å². The van der Waals surface area contributed by atoms with E-state index in [4.69, 9.17) is 14.6 Å². The Balaban J connectivity index is 1.90. The number of aliphatic hydroxyl groups is 1. The van der Waals surface area contributed by atoms with Crippen LogP contribution in [0.25, 0.3) is 0 Å². The molecule has 2 unspecified atom stereocenters. The second kappa shape index (κ2) is 7.28. The standard InChI is InChI=1S/C16H19FO3/c1-12-5-7-15(20-12)11-19-14-8-6-13(16(17)10-14)4-2-3-9-18/h6,8,10,12,15,18H,3,5,7,9,11H2,1H3. The number of ether oxygens (including phenoxy) is 2. The lowest BCUT2D eigenvalue weighted by Crippen LogP contribution is -2.17. The van der Waals surface area contributed by atoms with Gasteiger partial charge in [-0.3, -0.25) is 0 Å². The molecule has 0 saturated carbocycles. The molecule has 0 amide bonds. The van der Waals surface area contributed by atoms with Crippen molar-refractivity contribution < 1.29 is 19.0 Å². The fraction of sp³-hybridized carbons (Fsp3) is 0.500. The highest BCUT2D eigenvalue weighted by Crippen LogP contribution is 2.21. The van der Waals surface area contributed by atoms with Crippen LogP contribution < -0.4 is 4.74 Å². The van der Waals surface area contributed by atoms with Gasteiger partial charge in [0, 0.05) is 12.5 Å². The van der Waals surface area contributed by atoms with Crippen LogP contribution in [0.4, 0.5) is 4.39 Å². The molecule has 1 fully saturated rings. The molecular weight excluding hydrogens is 259 g/mol. The predicted molar refractivity (Wildman–Crippen MR) is 74.0 cm³/mol. The third-order valence-electron chi connectivity index (χ3n) is 3.16. The van der Waals surface area contributed by atoms with E-state index in [9.17, 15) is 4.39 Å². The zero-order valence-corrected chi connectivity index (χ0v) is 11.6. The normalized spacial score (nSPS) is 21.4. The number of rotatable bonds is 4. The third-order valence-corrected chi connectivity index (χ3v) is 3.16. The summed E-state index contributed by atoms with van der Waals surface area (Å²) in [5.41, 5.74) is 0.316. The number of benzene rings is 1. The summed E-state index contributed by atoms with van der Waals surface area (Å²) in [6.07, 6.45) is 2.74. The minimum atomic E-state index is -0.409. The van der Waals surface area contributed by atoms with Crippen LogP contribution >= 0.6 is 0 Å². The summed E-state index contributed by atoms with van der Waals surface area (Å²) in [6, 6.07) is 4.62. The number of aliphatic hydroxyl groups excluding tert-OH is 1. The van der Waals surface area contributed by atoms with Crippen molar-refractivity contribution in [3.63, 3.8) is 0 Å². The molecule has 1 aromatic carbocycles. The predicted octanol–water partition coefficient (Wildman–Crippen LogP) is 2.51. The minimum Gasteiger partial charge on any atom is -0.491 e. The Hall–Kier alpha value is -1.57. The van der Waals surface area contributed by atoms with Gasteiger partial charge in [-0.2, -0.15) is 0 Å². The smallest absolute Gasteiger partial charge is 0.142 e. The topological polar surface area (TPSA) is 38.7 Å². The van der Waals surface area contributed by atoms with Crippen LogP contribution in [0.5, 0.6) is 5.75 Å². The van der Waals surface area contributed by atoms with Crippen molar-refractivity contribution in [2.75, 3.05) is 13.2 Å². The summed E-state index contributed by atoms with van der Waals surface area (Å²) in [5, 5.41) is 8.62. The van der Waals surface area contributed by atoms with Crippen molar-refractivity contribution >= 4 is 0 Å². The first kappa shape index (κ1) is 14.8. The van der Waals surface area contributed by atoms with Crippen LogP contribution in [0.15, 0.2) is 18.2 Å². The molecule has 108 valence electrons. The average molecular weight is 278 g/mol. The molecule has 0 radical (unpaired) electrons. The molecule has 0 spiro atoms. The first-order valence-corrected chi connectivity index (χ1v) is 6.86. The van der Waals surface area contributed by atoms with Crippen LogP contribution in [0, 0.1) is 17.7 Å². The van der Waals surface area contributed by atoms with Crippen molar-refractivity contribution in [1.29, 1.82) is 0 Å². The first-order chi connectivity index (χ1) is 9.69. The van der Waals surface area contributed by atoms with Crippen LogP contribution in [-0.4, -0.2) is 30.5 Å². The Bertz CT molecular complexity index is 504. The highest BCUT2D eigenvalue weighted by molar-refractivity contribution is 5.39. The van der Waals surface area contributed by atoms with Crippen LogP contribution in [0.3, 0.4) is 0 Å². The molecule has 0 aliphatic carbocycles. The molecule has 2 rings (SSSR count). The summed E-state index contributed by atoms with van der Waals surface area (Å²) >= 11 is 0. The highest BCUT2D eigenvalue weighted by atomic mass is 19.1. The van der Waals surface area contributed by atoms with E-state index >= 15 is 0 Å². The van der Waals surface area contributed by atoms with E-state index in [1.165, 1.54) is 6.07 Å². The minimum absolute atomic E-state index is 0.0182. The van der Waals surface area contributed by atoms with E-state index in [1.807, 2.05) is 6.92 Å². The lowest BCUT2D eigenvalue weighted by Gasteiger charge is -2.12. The first-order valence-electron chi connectivity index (χ1n) is 6.86. The average Bonchev–Trinajstić information content (AvgIpc) is 2.85. The highest BCUT2D eigenvalue weighted by Gasteiger charge is 2.22. The van der Waals surface area contributed by atoms with E-state index in [-0.39, 0.29) is 18.8 Å². The Kier molecular flexibility index (Phi) is 5.40. The molecule has 4 heteroatoms.